The van der Waals surface area contributed by atoms with Gasteiger partial charge in [0.15, 0.2) is 17.3 Å². The molecule has 2 aromatic heterocycles. The smallest absolute Gasteiger partial charge is 0.341 e. The quantitative estimate of drug-likeness (QED) is 0.669. The van der Waals surface area contributed by atoms with E-state index in [0.717, 1.165) is 19.0 Å². The number of hydrogen-bond acceptors (Lipinski definition) is 6. The monoisotopic (exact) mass is 438 g/mol. The summed E-state index contributed by atoms with van der Waals surface area (Å²) in [7, 11) is 3.62. The summed E-state index contributed by atoms with van der Waals surface area (Å²) in [6.07, 6.45) is 2.31. The Morgan fingerprint density at radius 2 is 2.00 bits per heavy atom. The highest BCUT2D eigenvalue weighted by atomic mass is 19.1. The number of benzene rings is 1. The molecule has 1 N–H and O–H groups in total. The molecule has 5 rings (SSSR count). The van der Waals surface area contributed by atoms with Crippen molar-refractivity contribution in [3.63, 3.8) is 0 Å². The van der Waals surface area contributed by atoms with E-state index in [1.807, 2.05) is 4.90 Å². The molecular weight excluding hydrogens is 415 g/mol. The van der Waals surface area contributed by atoms with Crippen LogP contribution in [0.4, 0.5) is 10.2 Å². The second-order valence-corrected chi connectivity index (χ2v) is 8.41. The predicted molar refractivity (Wildman–Crippen MR) is 118 cm³/mol. The number of rotatable bonds is 4. The highest BCUT2D eigenvalue weighted by molar-refractivity contribution is 5.92. The molecule has 0 radical (unpaired) electrons. The Bertz CT molecular complexity index is 1270. The van der Waals surface area contributed by atoms with Crippen LogP contribution in [0.1, 0.15) is 16.8 Å². The Hall–Kier alpha value is -3.46. The zero-order valence-corrected chi connectivity index (χ0v) is 17.8. The molecular formula is C23H23FN4O4. The van der Waals surface area contributed by atoms with Gasteiger partial charge < -0.3 is 24.2 Å². The molecule has 0 aliphatic carbocycles. The number of fused-ring (bicyclic) bond motifs is 2. The molecule has 4 heterocycles. The Labute approximate surface area is 183 Å². The van der Waals surface area contributed by atoms with Crippen molar-refractivity contribution >= 4 is 22.8 Å². The number of methoxy groups -OCH3 is 1. The number of aromatic carboxylic acids is 1. The van der Waals surface area contributed by atoms with E-state index in [1.165, 1.54) is 10.8 Å². The van der Waals surface area contributed by atoms with Gasteiger partial charge in [0.05, 0.1) is 12.5 Å². The first-order chi connectivity index (χ1) is 15.4. The van der Waals surface area contributed by atoms with Gasteiger partial charge in [-0.25, -0.2) is 14.2 Å². The Morgan fingerprint density at radius 1 is 1.25 bits per heavy atom. The minimum absolute atomic E-state index is 0.0709. The first-order valence-electron chi connectivity index (χ1n) is 10.5. The summed E-state index contributed by atoms with van der Waals surface area (Å²) in [6, 6.07) is 8.38. The second kappa shape index (κ2) is 7.59. The average molecular weight is 438 g/mol. The minimum Gasteiger partial charge on any atom is -0.497 e. The van der Waals surface area contributed by atoms with Crippen molar-refractivity contribution in [1.82, 2.24) is 14.5 Å². The van der Waals surface area contributed by atoms with E-state index in [4.69, 9.17) is 4.74 Å². The van der Waals surface area contributed by atoms with E-state index < -0.39 is 22.8 Å². The lowest BCUT2D eigenvalue weighted by atomic mass is 10.1. The maximum Gasteiger partial charge on any atom is 0.341 e. The van der Waals surface area contributed by atoms with E-state index >= 15 is 4.39 Å². The number of aromatic nitrogens is 2. The van der Waals surface area contributed by atoms with Crippen molar-refractivity contribution in [3.05, 3.63) is 58.1 Å². The number of halogens is 1. The van der Waals surface area contributed by atoms with Crippen molar-refractivity contribution in [2.45, 2.75) is 12.5 Å². The second-order valence-electron chi connectivity index (χ2n) is 8.41. The van der Waals surface area contributed by atoms with Crippen LogP contribution < -0.4 is 15.1 Å². The molecule has 0 spiro atoms. The summed E-state index contributed by atoms with van der Waals surface area (Å²) in [4.78, 5) is 33.3. The molecule has 2 aliphatic rings. The number of carboxylic acid groups (broad SMARTS) is 1. The van der Waals surface area contributed by atoms with Gasteiger partial charge in [0.25, 0.3) is 0 Å². The normalized spacial score (nSPS) is 20.7. The van der Waals surface area contributed by atoms with E-state index in [9.17, 15) is 14.7 Å². The molecule has 0 saturated carbocycles. The van der Waals surface area contributed by atoms with Crippen LogP contribution in [0.5, 0.6) is 5.75 Å². The highest BCUT2D eigenvalue weighted by Crippen LogP contribution is 2.34. The largest absolute Gasteiger partial charge is 0.497 e. The molecule has 1 aromatic carbocycles. The highest BCUT2D eigenvalue weighted by Gasteiger charge is 2.40. The number of nitrogens with zero attached hydrogens (tertiary/aromatic N) is 4. The van der Waals surface area contributed by atoms with Crippen LogP contribution in [-0.2, 0) is 0 Å². The standard InChI is InChI=1S/C23H23FN4O4/c1-26-8-7-13-10-27(12-19(13)26)22-18(24)9-16-20(29)17(23(30)31)11-28(21(16)25-22)14-3-5-15(32-2)6-4-14/h3-6,9,11,13,19H,7-8,10,12H2,1-2H3,(H,30,31). The van der Waals surface area contributed by atoms with Crippen LogP contribution in [0.2, 0.25) is 0 Å². The Morgan fingerprint density at radius 3 is 2.66 bits per heavy atom. The summed E-state index contributed by atoms with van der Waals surface area (Å²) in [6.45, 7) is 2.40. The minimum atomic E-state index is -1.38. The molecule has 2 unspecified atom stereocenters. The number of ether oxygens (including phenoxy) is 1. The van der Waals surface area contributed by atoms with Crippen LogP contribution in [-0.4, -0.2) is 65.4 Å². The van der Waals surface area contributed by atoms with Gasteiger partial charge in [-0.15, -0.1) is 0 Å². The third-order valence-corrected chi connectivity index (χ3v) is 6.62. The first kappa shape index (κ1) is 20.4. The Balaban J connectivity index is 1.69. The number of likely N-dealkylation sites (tertiary alicyclic amines) is 1. The SMILES string of the molecule is COc1ccc(-n2cc(C(=O)O)c(=O)c3cc(F)c(N4CC5CCN(C)C5C4)nc32)cc1. The third kappa shape index (κ3) is 3.20. The third-order valence-electron chi connectivity index (χ3n) is 6.62. The number of carboxylic acids is 1. The van der Waals surface area contributed by atoms with Gasteiger partial charge in [0.1, 0.15) is 11.3 Å². The van der Waals surface area contributed by atoms with Crippen LogP contribution in [0, 0.1) is 11.7 Å². The van der Waals surface area contributed by atoms with Crippen molar-refractivity contribution in [2.75, 3.05) is 38.7 Å². The van der Waals surface area contributed by atoms with Crippen molar-refractivity contribution in [2.24, 2.45) is 5.92 Å². The summed E-state index contributed by atoms with van der Waals surface area (Å²) >= 11 is 0. The molecule has 8 nitrogen and oxygen atoms in total. The molecule has 2 atom stereocenters. The molecule has 166 valence electrons. The van der Waals surface area contributed by atoms with E-state index in [2.05, 4.69) is 16.9 Å². The van der Waals surface area contributed by atoms with E-state index in [1.54, 1.807) is 31.4 Å². The summed E-state index contributed by atoms with van der Waals surface area (Å²) in [5, 5.41) is 9.46. The summed E-state index contributed by atoms with van der Waals surface area (Å²) < 4.78 is 21.9. The van der Waals surface area contributed by atoms with Gasteiger partial charge in [0.2, 0.25) is 5.43 Å². The predicted octanol–water partition coefficient (Wildman–Crippen LogP) is 2.37. The molecule has 3 aromatic rings. The lowest BCUT2D eigenvalue weighted by Crippen LogP contribution is -2.32. The number of carbonyl (C=O) groups is 1. The molecule has 0 bridgehead atoms. The number of pyridine rings is 2. The fraction of sp³-hybridized carbons (Fsp3) is 0.348. The van der Waals surface area contributed by atoms with Gasteiger partial charge in [-0.1, -0.05) is 0 Å². The summed E-state index contributed by atoms with van der Waals surface area (Å²) in [5.41, 5.74) is -0.402. The van der Waals surface area contributed by atoms with Gasteiger partial charge in [-0.05, 0) is 56.3 Å². The first-order valence-corrected chi connectivity index (χ1v) is 10.5. The van der Waals surface area contributed by atoms with Gasteiger partial charge in [-0.2, -0.15) is 0 Å². The van der Waals surface area contributed by atoms with Gasteiger partial charge >= 0.3 is 5.97 Å². The molecule has 32 heavy (non-hydrogen) atoms. The fourth-order valence-electron chi connectivity index (χ4n) is 4.87. The van der Waals surface area contributed by atoms with Crippen molar-refractivity contribution in [3.8, 4) is 11.4 Å². The maximum absolute atomic E-state index is 15.2. The topological polar surface area (TPSA) is 87.9 Å². The van der Waals surface area contributed by atoms with Crippen LogP contribution in [0.15, 0.2) is 41.3 Å². The van der Waals surface area contributed by atoms with Crippen LogP contribution in [0.25, 0.3) is 16.7 Å². The lowest BCUT2D eigenvalue weighted by molar-refractivity contribution is 0.0695. The average Bonchev–Trinajstić information content (AvgIpc) is 3.36. The number of likely N-dealkylation sites (N-methyl/N-ethyl adjacent to an activating group) is 1. The van der Waals surface area contributed by atoms with E-state index in [-0.39, 0.29) is 16.9 Å². The Kier molecular flexibility index (Phi) is 4.85. The lowest BCUT2D eigenvalue weighted by Gasteiger charge is -2.22. The van der Waals surface area contributed by atoms with E-state index in [0.29, 0.717) is 36.5 Å². The number of hydrogen-bond donors (Lipinski definition) is 1. The maximum atomic E-state index is 15.2. The molecule has 0 amide bonds. The van der Waals surface area contributed by atoms with Crippen molar-refractivity contribution < 1.29 is 19.0 Å². The molecule has 2 fully saturated rings. The fourth-order valence-corrected chi connectivity index (χ4v) is 4.87. The van der Waals surface area contributed by atoms with Crippen LogP contribution >= 0.6 is 0 Å². The van der Waals surface area contributed by atoms with Gasteiger partial charge in [0, 0.05) is 31.0 Å². The molecule has 9 heteroatoms. The van der Waals surface area contributed by atoms with Gasteiger partial charge in [-0.3, -0.25) is 4.79 Å². The molecule has 2 saturated heterocycles. The summed E-state index contributed by atoms with van der Waals surface area (Å²) in [5.74, 6) is -0.731. The number of anilines is 1. The molecule has 2 aliphatic heterocycles. The zero-order chi connectivity index (χ0) is 22.6. The van der Waals surface area contributed by atoms with Crippen molar-refractivity contribution in [1.29, 1.82) is 0 Å². The zero-order valence-electron chi connectivity index (χ0n) is 17.8. The van der Waals surface area contributed by atoms with Crippen LogP contribution in [0.3, 0.4) is 0 Å².